The molecule has 0 spiro atoms. The molecule has 3 heteroatoms. The Morgan fingerprint density at radius 2 is 2.36 bits per heavy atom. The van der Waals surface area contributed by atoms with Gasteiger partial charge in [0.05, 0.1) is 0 Å². The average Bonchev–Trinajstić information content (AvgIpc) is 2.35. The average molecular weight is 156 g/mol. The molecule has 0 saturated carbocycles. The van der Waals surface area contributed by atoms with E-state index in [1.807, 2.05) is 13.8 Å². The summed E-state index contributed by atoms with van der Waals surface area (Å²) < 4.78 is 5.36. The highest BCUT2D eigenvalue weighted by molar-refractivity contribution is 5.85. The fourth-order valence-corrected chi connectivity index (χ4v) is 1.19. The second-order valence-corrected chi connectivity index (χ2v) is 3.15. The zero-order chi connectivity index (χ0) is 8.27. The summed E-state index contributed by atoms with van der Waals surface area (Å²) in [5.74, 6) is 0.664. The first-order valence-electron chi connectivity index (χ1n) is 4.15. The van der Waals surface area contributed by atoms with Crippen molar-refractivity contribution in [2.75, 3.05) is 6.61 Å². The number of hydrogen-bond acceptors (Lipinski definition) is 2. The van der Waals surface area contributed by atoms with E-state index in [0.717, 1.165) is 19.4 Å². The van der Waals surface area contributed by atoms with Crippen LogP contribution in [-0.2, 0) is 4.74 Å². The predicted molar refractivity (Wildman–Crippen MR) is 45.7 cm³/mol. The largest absolute Gasteiger partial charge is 0.385 e. The molecule has 1 aliphatic heterocycles. The molecule has 1 atom stereocenters. The van der Waals surface area contributed by atoms with Gasteiger partial charge < -0.3 is 10.5 Å². The van der Waals surface area contributed by atoms with Crippen LogP contribution >= 0.6 is 0 Å². The summed E-state index contributed by atoms with van der Waals surface area (Å²) in [6, 6.07) is 0.277. The lowest BCUT2D eigenvalue weighted by Crippen LogP contribution is -2.29. The van der Waals surface area contributed by atoms with Gasteiger partial charge >= 0.3 is 0 Å². The zero-order valence-corrected chi connectivity index (χ0v) is 7.21. The molecule has 0 aromatic carbocycles. The first kappa shape index (κ1) is 8.53. The minimum absolute atomic E-state index is 0.0948. The van der Waals surface area contributed by atoms with Gasteiger partial charge in [-0.2, -0.15) is 0 Å². The van der Waals surface area contributed by atoms with Gasteiger partial charge in [-0.05, 0) is 26.7 Å². The third-order valence-electron chi connectivity index (χ3n) is 1.67. The maximum Gasteiger partial charge on any atom is 0.123 e. The maximum atomic E-state index is 5.70. The van der Waals surface area contributed by atoms with Crippen LogP contribution in [0.25, 0.3) is 0 Å². The molecular formula is C8H16N2O. The Morgan fingerprint density at radius 1 is 1.64 bits per heavy atom. The minimum atomic E-state index is 0.0948. The van der Waals surface area contributed by atoms with E-state index >= 15 is 0 Å². The summed E-state index contributed by atoms with van der Waals surface area (Å²) in [6.45, 7) is 4.86. The van der Waals surface area contributed by atoms with Gasteiger partial charge in [0, 0.05) is 12.6 Å². The fourth-order valence-electron chi connectivity index (χ4n) is 1.19. The van der Waals surface area contributed by atoms with Crippen molar-refractivity contribution >= 4 is 5.84 Å². The Balaban J connectivity index is 2.45. The van der Waals surface area contributed by atoms with Gasteiger partial charge in [-0.1, -0.05) is 0 Å². The monoisotopic (exact) mass is 156 g/mol. The van der Waals surface area contributed by atoms with E-state index in [1.165, 1.54) is 0 Å². The summed E-state index contributed by atoms with van der Waals surface area (Å²) in [4.78, 5) is 4.23. The molecule has 0 aromatic heterocycles. The van der Waals surface area contributed by atoms with Crippen LogP contribution in [-0.4, -0.2) is 24.6 Å². The molecule has 1 unspecified atom stereocenters. The molecule has 0 amide bonds. The smallest absolute Gasteiger partial charge is 0.123 e. The molecule has 1 heterocycles. The molecule has 0 aromatic rings. The highest BCUT2D eigenvalue weighted by Crippen LogP contribution is 2.12. The van der Waals surface area contributed by atoms with Gasteiger partial charge in [-0.3, -0.25) is 4.99 Å². The Morgan fingerprint density at radius 3 is 2.82 bits per heavy atom. The Kier molecular flexibility index (Phi) is 2.88. The van der Waals surface area contributed by atoms with Crippen molar-refractivity contribution in [3.8, 4) is 0 Å². The molecule has 0 aliphatic carbocycles. The van der Waals surface area contributed by atoms with E-state index in [-0.39, 0.29) is 12.1 Å². The van der Waals surface area contributed by atoms with Crippen molar-refractivity contribution in [1.82, 2.24) is 0 Å². The first-order chi connectivity index (χ1) is 5.20. The summed E-state index contributed by atoms with van der Waals surface area (Å²) in [6.07, 6.45) is 2.23. The molecule has 11 heavy (non-hydrogen) atoms. The predicted octanol–water partition coefficient (Wildman–Crippen LogP) is 0.931. The topological polar surface area (TPSA) is 47.6 Å². The van der Waals surface area contributed by atoms with Crippen LogP contribution < -0.4 is 5.73 Å². The molecule has 64 valence electrons. The number of rotatable bonds is 2. The van der Waals surface area contributed by atoms with Crippen molar-refractivity contribution in [2.45, 2.75) is 38.8 Å². The normalized spacial score (nSPS) is 26.5. The lowest BCUT2D eigenvalue weighted by Gasteiger charge is -2.09. The first-order valence-corrected chi connectivity index (χ1v) is 4.15. The summed E-state index contributed by atoms with van der Waals surface area (Å²) >= 11 is 0. The second kappa shape index (κ2) is 3.72. The van der Waals surface area contributed by atoms with Gasteiger partial charge in [0.2, 0.25) is 0 Å². The molecule has 3 nitrogen and oxygen atoms in total. The Labute approximate surface area is 67.6 Å². The molecule has 0 bridgehead atoms. The van der Waals surface area contributed by atoms with Crippen LogP contribution in [0, 0.1) is 0 Å². The van der Waals surface area contributed by atoms with Crippen molar-refractivity contribution in [1.29, 1.82) is 0 Å². The van der Waals surface area contributed by atoms with Crippen molar-refractivity contribution in [2.24, 2.45) is 10.7 Å². The molecule has 0 radical (unpaired) electrons. The van der Waals surface area contributed by atoms with E-state index in [2.05, 4.69) is 4.99 Å². The van der Waals surface area contributed by atoms with Crippen molar-refractivity contribution in [3.63, 3.8) is 0 Å². The Bertz CT molecular complexity index is 148. The molecular weight excluding hydrogens is 140 g/mol. The number of ether oxygens (including phenoxy) is 1. The van der Waals surface area contributed by atoms with Gasteiger partial charge in [0.25, 0.3) is 0 Å². The molecule has 1 fully saturated rings. The van der Waals surface area contributed by atoms with Gasteiger partial charge in [-0.25, -0.2) is 0 Å². The highest BCUT2D eigenvalue weighted by Gasteiger charge is 2.18. The van der Waals surface area contributed by atoms with E-state index in [1.54, 1.807) is 0 Å². The summed E-state index contributed by atoms with van der Waals surface area (Å²) in [5, 5.41) is 0. The van der Waals surface area contributed by atoms with Crippen LogP contribution in [0.4, 0.5) is 0 Å². The molecule has 1 saturated heterocycles. The van der Waals surface area contributed by atoms with Gasteiger partial charge in [0.1, 0.15) is 11.9 Å². The Hall–Kier alpha value is -0.570. The number of amidine groups is 1. The molecule has 2 N–H and O–H groups in total. The minimum Gasteiger partial charge on any atom is -0.385 e. The van der Waals surface area contributed by atoms with Gasteiger partial charge in [0.15, 0.2) is 0 Å². The van der Waals surface area contributed by atoms with Crippen LogP contribution in [0.2, 0.25) is 0 Å². The molecule has 1 rings (SSSR count). The molecule has 1 aliphatic rings. The van der Waals surface area contributed by atoms with Crippen LogP contribution in [0.15, 0.2) is 4.99 Å². The van der Waals surface area contributed by atoms with Crippen LogP contribution in [0.5, 0.6) is 0 Å². The van der Waals surface area contributed by atoms with E-state index in [4.69, 9.17) is 10.5 Å². The van der Waals surface area contributed by atoms with Crippen LogP contribution in [0.1, 0.15) is 26.7 Å². The highest BCUT2D eigenvalue weighted by atomic mass is 16.5. The zero-order valence-electron chi connectivity index (χ0n) is 7.21. The van der Waals surface area contributed by atoms with Gasteiger partial charge in [-0.15, -0.1) is 0 Å². The van der Waals surface area contributed by atoms with Crippen LogP contribution in [0.3, 0.4) is 0 Å². The summed E-state index contributed by atoms with van der Waals surface area (Å²) in [5.41, 5.74) is 5.70. The number of aliphatic imine (C=N–C) groups is 1. The van der Waals surface area contributed by atoms with E-state index in [9.17, 15) is 0 Å². The standard InChI is InChI=1S/C8H16N2O/c1-6(2)10-8(9)7-4-3-5-11-7/h6-7H,3-5H2,1-2H3,(H2,9,10). The number of nitrogens with two attached hydrogens (primary N) is 1. The van der Waals surface area contributed by atoms with Crippen molar-refractivity contribution in [3.05, 3.63) is 0 Å². The summed E-state index contributed by atoms with van der Waals surface area (Å²) in [7, 11) is 0. The lowest BCUT2D eigenvalue weighted by atomic mass is 10.2. The van der Waals surface area contributed by atoms with E-state index in [0.29, 0.717) is 5.84 Å². The SMILES string of the molecule is CC(C)N=C(N)C1CCCO1. The lowest BCUT2D eigenvalue weighted by molar-refractivity contribution is 0.157. The fraction of sp³-hybridized carbons (Fsp3) is 0.875. The number of hydrogen-bond donors (Lipinski definition) is 1. The third-order valence-corrected chi connectivity index (χ3v) is 1.67. The van der Waals surface area contributed by atoms with E-state index < -0.39 is 0 Å². The number of nitrogens with zero attached hydrogens (tertiary/aromatic N) is 1. The van der Waals surface area contributed by atoms with Crippen molar-refractivity contribution < 1.29 is 4.74 Å². The maximum absolute atomic E-state index is 5.70. The quantitative estimate of drug-likeness (QED) is 0.477. The second-order valence-electron chi connectivity index (χ2n) is 3.15. The third kappa shape index (κ3) is 2.50.